The molecule has 8 heteroatoms. The molecule has 0 spiro atoms. The molecule has 33 heavy (non-hydrogen) atoms. The van der Waals surface area contributed by atoms with Crippen LogP contribution in [0.15, 0.2) is 48.8 Å². The largest absolute Gasteiger partial charge is 0.493 e. The molecule has 1 unspecified atom stereocenters. The Hall–Kier alpha value is -3.23. The van der Waals surface area contributed by atoms with Crippen LogP contribution in [0.4, 0.5) is 0 Å². The highest BCUT2D eigenvalue weighted by molar-refractivity contribution is 7.18. The Labute approximate surface area is 196 Å². The smallest absolute Gasteiger partial charge is 0.251 e. The first kappa shape index (κ1) is 21.6. The molecular formula is C25H27N5O2S. The van der Waals surface area contributed by atoms with E-state index in [0.717, 1.165) is 57.1 Å². The van der Waals surface area contributed by atoms with Crippen LogP contribution in [0.2, 0.25) is 0 Å². The molecular weight excluding hydrogens is 434 g/mol. The van der Waals surface area contributed by atoms with Gasteiger partial charge in [0.1, 0.15) is 10.8 Å². The molecule has 1 aliphatic rings. The number of fused-ring (bicyclic) bond motifs is 2. The number of rotatable bonds is 7. The van der Waals surface area contributed by atoms with E-state index < -0.39 is 0 Å². The zero-order valence-corrected chi connectivity index (χ0v) is 19.6. The van der Waals surface area contributed by atoms with Gasteiger partial charge in [-0.25, -0.2) is 4.98 Å². The first-order chi connectivity index (χ1) is 16.1. The molecule has 2 aromatic heterocycles. The Kier molecular flexibility index (Phi) is 6.11. The molecule has 170 valence electrons. The molecule has 0 saturated heterocycles. The molecule has 1 aliphatic heterocycles. The molecule has 3 heterocycles. The second kappa shape index (κ2) is 9.33. The van der Waals surface area contributed by atoms with Crippen LogP contribution in [-0.2, 0) is 6.42 Å². The van der Waals surface area contributed by atoms with Crippen molar-refractivity contribution in [1.29, 1.82) is 0 Å². The average molecular weight is 462 g/mol. The Morgan fingerprint density at radius 2 is 2.15 bits per heavy atom. The van der Waals surface area contributed by atoms with Crippen LogP contribution >= 0.6 is 11.3 Å². The molecule has 0 bridgehead atoms. The highest BCUT2D eigenvalue weighted by Gasteiger charge is 2.25. The quantitative estimate of drug-likeness (QED) is 0.405. The zero-order valence-electron chi connectivity index (χ0n) is 18.8. The van der Waals surface area contributed by atoms with E-state index >= 15 is 0 Å². The Bertz CT molecular complexity index is 1270. The van der Waals surface area contributed by atoms with Crippen LogP contribution in [0, 0.1) is 0 Å². The fourth-order valence-corrected chi connectivity index (χ4v) is 5.19. The Morgan fingerprint density at radius 3 is 2.97 bits per heavy atom. The summed E-state index contributed by atoms with van der Waals surface area (Å²) < 4.78 is 7.20. The first-order valence-electron chi connectivity index (χ1n) is 11.1. The van der Waals surface area contributed by atoms with Crippen molar-refractivity contribution in [2.45, 2.75) is 18.8 Å². The van der Waals surface area contributed by atoms with Gasteiger partial charge in [-0.1, -0.05) is 6.07 Å². The molecule has 4 aromatic rings. The van der Waals surface area contributed by atoms with E-state index in [9.17, 15) is 4.79 Å². The van der Waals surface area contributed by atoms with Gasteiger partial charge in [-0.15, -0.1) is 11.3 Å². The van der Waals surface area contributed by atoms with E-state index in [1.807, 2.05) is 44.7 Å². The van der Waals surface area contributed by atoms with E-state index in [4.69, 9.17) is 9.72 Å². The predicted molar refractivity (Wildman–Crippen MR) is 131 cm³/mol. The Morgan fingerprint density at radius 1 is 1.24 bits per heavy atom. The lowest BCUT2D eigenvalue weighted by molar-refractivity contribution is 0.0952. The molecule has 0 radical (unpaired) electrons. The van der Waals surface area contributed by atoms with Crippen LogP contribution in [0.3, 0.4) is 0 Å². The number of hydrogen-bond acceptors (Lipinski definition) is 6. The molecule has 0 saturated carbocycles. The van der Waals surface area contributed by atoms with Gasteiger partial charge in [0, 0.05) is 29.8 Å². The van der Waals surface area contributed by atoms with E-state index in [1.54, 1.807) is 11.3 Å². The van der Waals surface area contributed by atoms with E-state index in [-0.39, 0.29) is 11.8 Å². The van der Waals surface area contributed by atoms with Gasteiger partial charge in [0.05, 0.1) is 23.0 Å². The first-order valence-corrected chi connectivity index (χ1v) is 12.0. The van der Waals surface area contributed by atoms with Gasteiger partial charge in [0.2, 0.25) is 0 Å². The molecule has 0 fully saturated rings. The Balaban J connectivity index is 1.30. The second-order valence-corrected chi connectivity index (χ2v) is 9.73. The number of ether oxygens (including phenoxy) is 1. The number of aromatic amines is 1. The van der Waals surface area contributed by atoms with Crippen LogP contribution in [0.25, 0.3) is 21.3 Å². The maximum atomic E-state index is 12.6. The van der Waals surface area contributed by atoms with Gasteiger partial charge in [0.25, 0.3) is 5.91 Å². The van der Waals surface area contributed by atoms with Crippen molar-refractivity contribution in [3.8, 4) is 16.9 Å². The number of aromatic nitrogens is 3. The highest BCUT2D eigenvalue weighted by Crippen LogP contribution is 2.37. The summed E-state index contributed by atoms with van der Waals surface area (Å²) in [5.74, 6) is 0.995. The lowest BCUT2D eigenvalue weighted by atomic mass is 9.95. The van der Waals surface area contributed by atoms with Crippen molar-refractivity contribution in [3.63, 3.8) is 0 Å². The summed E-state index contributed by atoms with van der Waals surface area (Å²) in [4.78, 5) is 19.6. The second-order valence-electron chi connectivity index (χ2n) is 8.67. The molecule has 1 atom stereocenters. The number of nitrogens with one attached hydrogen (secondary N) is 2. The summed E-state index contributed by atoms with van der Waals surface area (Å²) >= 11 is 1.71. The van der Waals surface area contributed by atoms with Crippen molar-refractivity contribution < 1.29 is 9.53 Å². The number of hydrogen-bond donors (Lipinski definition) is 2. The van der Waals surface area contributed by atoms with E-state index in [1.165, 1.54) is 0 Å². The third kappa shape index (κ3) is 4.77. The van der Waals surface area contributed by atoms with Crippen LogP contribution in [0.5, 0.6) is 5.75 Å². The number of thiazole rings is 1. The maximum absolute atomic E-state index is 12.6. The normalized spacial score (nSPS) is 15.4. The number of amides is 1. The van der Waals surface area contributed by atoms with Crippen LogP contribution in [0.1, 0.15) is 33.3 Å². The van der Waals surface area contributed by atoms with Gasteiger partial charge in [-0.2, -0.15) is 5.10 Å². The number of nitrogens with zero attached hydrogens (tertiary/aromatic N) is 3. The van der Waals surface area contributed by atoms with Gasteiger partial charge >= 0.3 is 0 Å². The number of benzene rings is 2. The minimum atomic E-state index is -0.0366. The van der Waals surface area contributed by atoms with E-state index in [0.29, 0.717) is 18.7 Å². The zero-order chi connectivity index (χ0) is 22.8. The molecule has 1 amide bonds. The van der Waals surface area contributed by atoms with Gasteiger partial charge in [0.15, 0.2) is 0 Å². The van der Waals surface area contributed by atoms with Crippen LogP contribution < -0.4 is 10.1 Å². The van der Waals surface area contributed by atoms with Crippen molar-refractivity contribution in [2.24, 2.45) is 0 Å². The lowest BCUT2D eigenvalue weighted by Crippen LogP contribution is -2.27. The average Bonchev–Trinajstić information content (AvgIpc) is 3.50. The molecule has 2 N–H and O–H groups in total. The summed E-state index contributed by atoms with van der Waals surface area (Å²) in [6, 6.07) is 12.0. The van der Waals surface area contributed by atoms with Crippen molar-refractivity contribution in [3.05, 3.63) is 64.9 Å². The highest BCUT2D eigenvalue weighted by atomic mass is 32.1. The molecule has 5 rings (SSSR count). The molecule has 2 aromatic carbocycles. The van der Waals surface area contributed by atoms with Gasteiger partial charge < -0.3 is 15.0 Å². The number of carbonyl (C=O) groups is 1. The fourth-order valence-electron chi connectivity index (χ4n) is 4.10. The number of H-pyrrole nitrogens is 1. The van der Waals surface area contributed by atoms with Crippen molar-refractivity contribution in [1.82, 2.24) is 25.4 Å². The minimum Gasteiger partial charge on any atom is -0.493 e. The minimum absolute atomic E-state index is 0.0366. The lowest BCUT2D eigenvalue weighted by Gasteiger charge is -2.24. The fraction of sp³-hybridized carbons (Fsp3) is 0.320. The van der Waals surface area contributed by atoms with Gasteiger partial charge in [-0.3, -0.25) is 9.89 Å². The molecule has 0 aliphatic carbocycles. The standard InChI is InChI=1S/C25H27N5O2S/c1-30(2)9-3-8-26-24(31)17-5-7-22-18(10-17)11-19(15-32-22)25-29-21-6-4-16(12-23(21)33-25)20-13-27-28-14-20/h4-7,10,12-14,19H,3,8-9,11,15H2,1-2H3,(H,26,31)(H,27,28). The maximum Gasteiger partial charge on any atom is 0.251 e. The monoisotopic (exact) mass is 461 g/mol. The predicted octanol–water partition coefficient (Wildman–Crippen LogP) is 4.09. The van der Waals surface area contributed by atoms with Crippen molar-refractivity contribution in [2.75, 3.05) is 33.8 Å². The summed E-state index contributed by atoms with van der Waals surface area (Å²) in [6.07, 6.45) is 5.45. The van der Waals surface area contributed by atoms with Crippen molar-refractivity contribution >= 4 is 27.5 Å². The topological polar surface area (TPSA) is 83.1 Å². The van der Waals surface area contributed by atoms with E-state index in [2.05, 4.69) is 38.6 Å². The third-order valence-corrected chi connectivity index (χ3v) is 7.06. The summed E-state index contributed by atoms with van der Waals surface area (Å²) in [7, 11) is 4.07. The number of carbonyl (C=O) groups excluding carboxylic acids is 1. The third-order valence-electron chi connectivity index (χ3n) is 5.88. The van der Waals surface area contributed by atoms with Crippen LogP contribution in [-0.4, -0.2) is 59.8 Å². The summed E-state index contributed by atoms with van der Waals surface area (Å²) in [5, 5.41) is 11.0. The SMILES string of the molecule is CN(C)CCCNC(=O)c1ccc2c(c1)CC(c1nc3ccc(-c4cn[nH]c4)cc3s1)CO2. The van der Waals surface area contributed by atoms with Gasteiger partial charge in [-0.05, 0) is 74.9 Å². The summed E-state index contributed by atoms with van der Waals surface area (Å²) in [6.45, 7) is 2.21. The molecule has 7 nitrogen and oxygen atoms in total. The summed E-state index contributed by atoms with van der Waals surface area (Å²) in [5.41, 5.74) is 4.92.